The van der Waals surface area contributed by atoms with Crippen molar-refractivity contribution < 1.29 is 0 Å². The summed E-state index contributed by atoms with van der Waals surface area (Å²) in [4.78, 5) is 6.88. The molecule has 0 aromatic carbocycles. The molecular weight excluding hydrogens is 232 g/mol. The summed E-state index contributed by atoms with van der Waals surface area (Å²) in [7, 11) is 0. The van der Waals surface area contributed by atoms with Crippen molar-refractivity contribution in [3.8, 4) is 0 Å². The Bertz CT molecular complexity index is 320. The lowest BCUT2D eigenvalue weighted by atomic mass is 10.4. The van der Waals surface area contributed by atoms with E-state index in [1.807, 2.05) is 0 Å². The highest BCUT2D eigenvalue weighted by Gasteiger charge is 2.28. The van der Waals surface area contributed by atoms with Crippen molar-refractivity contribution in [1.29, 1.82) is 0 Å². The van der Waals surface area contributed by atoms with E-state index in [-0.39, 0.29) is 12.4 Å². The first-order valence-electron chi connectivity index (χ1n) is 5.23. The van der Waals surface area contributed by atoms with Crippen molar-refractivity contribution in [1.82, 2.24) is 14.7 Å². The summed E-state index contributed by atoms with van der Waals surface area (Å²) in [5.74, 6) is 1.70. The van der Waals surface area contributed by atoms with Crippen LogP contribution in [0.3, 0.4) is 0 Å². The first kappa shape index (κ1) is 11.1. The second-order valence-electron chi connectivity index (χ2n) is 3.94. The second kappa shape index (κ2) is 4.63. The van der Waals surface area contributed by atoms with Crippen LogP contribution in [0.1, 0.15) is 23.8 Å². The monoisotopic (exact) mass is 246 g/mol. The minimum Gasteiger partial charge on any atom is -0.338 e. The SMILES string of the molecule is C1CN(c2nsc(C3CC3)n2)CCN1.Cl. The number of piperazine rings is 1. The highest BCUT2D eigenvalue weighted by Crippen LogP contribution is 2.41. The molecule has 6 heteroatoms. The van der Waals surface area contributed by atoms with Gasteiger partial charge in [-0.05, 0) is 24.4 Å². The van der Waals surface area contributed by atoms with Crippen LogP contribution in [0.15, 0.2) is 0 Å². The summed E-state index contributed by atoms with van der Waals surface area (Å²) < 4.78 is 4.43. The fourth-order valence-corrected chi connectivity index (χ4v) is 2.56. The van der Waals surface area contributed by atoms with Gasteiger partial charge >= 0.3 is 0 Å². The van der Waals surface area contributed by atoms with Gasteiger partial charge in [0.15, 0.2) is 0 Å². The smallest absolute Gasteiger partial charge is 0.237 e. The van der Waals surface area contributed by atoms with E-state index >= 15 is 0 Å². The molecule has 15 heavy (non-hydrogen) atoms. The maximum atomic E-state index is 4.60. The van der Waals surface area contributed by atoms with Crippen molar-refractivity contribution in [2.24, 2.45) is 0 Å². The summed E-state index contributed by atoms with van der Waals surface area (Å²) in [6.07, 6.45) is 2.63. The second-order valence-corrected chi connectivity index (χ2v) is 4.73. The molecule has 0 amide bonds. The zero-order valence-corrected chi connectivity index (χ0v) is 10.1. The molecular formula is C9H15ClN4S. The number of nitrogens with zero attached hydrogens (tertiary/aromatic N) is 3. The number of rotatable bonds is 2. The molecule has 1 aliphatic heterocycles. The summed E-state index contributed by atoms with van der Waals surface area (Å²) in [5, 5.41) is 4.58. The Balaban J connectivity index is 0.000000853. The van der Waals surface area contributed by atoms with Crippen LogP contribution in [-0.2, 0) is 0 Å². The van der Waals surface area contributed by atoms with Crippen LogP contribution < -0.4 is 10.2 Å². The van der Waals surface area contributed by atoms with Gasteiger partial charge in [-0.1, -0.05) is 0 Å². The molecule has 0 unspecified atom stereocenters. The molecule has 0 atom stereocenters. The van der Waals surface area contributed by atoms with Crippen LogP contribution >= 0.6 is 23.9 Å². The largest absolute Gasteiger partial charge is 0.338 e. The number of nitrogens with one attached hydrogen (secondary N) is 1. The topological polar surface area (TPSA) is 41.1 Å². The zero-order valence-electron chi connectivity index (χ0n) is 8.48. The minimum absolute atomic E-state index is 0. The Labute approximate surface area is 99.7 Å². The highest BCUT2D eigenvalue weighted by molar-refractivity contribution is 7.05. The number of anilines is 1. The van der Waals surface area contributed by atoms with E-state index in [2.05, 4.69) is 19.6 Å². The molecule has 2 aliphatic rings. The van der Waals surface area contributed by atoms with Crippen LogP contribution in [0.4, 0.5) is 5.95 Å². The number of hydrogen-bond donors (Lipinski definition) is 1. The van der Waals surface area contributed by atoms with Crippen LogP contribution in [0.2, 0.25) is 0 Å². The molecule has 0 spiro atoms. The van der Waals surface area contributed by atoms with Crippen LogP contribution in [0, 0.1) is 0 Å². The van der Waals surface area contributed by atoms with Crippen molar-refractivity contribution in [3.05, 3.63) is 5.01 Å². The van der Waals surface area contributed by atoms with Gasteiger partial charge in [-0.15, -0.1) is 12.4 Å². The van der Waals surface area contributed by atoms with Crippen molar-refractivity contribution in [2.75, 3.05) is 31.1 Å². The molecule has 1 saturated heterocycles. The Morgan fingerprint density at radius 3 is 2.67 bits per heavy atom. The first-order chi connectivity index (χ1) is 6.93. The number of hydrogen-bond acceptors (Lipinski definition) is 5. The summed E-state index contributed by atoms with van der Waals surface area (Å²) >= 11 is 1.59. The molecule has 84 valence electrons. The van der Waals surface area contributed by atoms with E-state index in [9.17, 15) is 0 Å². The zero-order chi connectivity index (χ0) is 9.38. The molecule has 4 nitrogen and oxygen atoms in total. The maximum Gasteiger partial charge on any atom is 0.237 e. The fourth-order valence-electron chi connectivity index (χ4n) is 1.72. The maximum absolute atomic E-state index is 4.60. The van der Waals surface area contributed by atoms with E-state index < -0.39 is 0 Å². The molecule has 1 aromatic rings. The van der Waals surface area contributed by atoms with E-state index in [1.165, 1.54) is 17.8 Å². The molecule has 1 aromatic heterocycles. The third kappa shape index (κ3) is 2.41. The van der Waals surface area contributed by atoms with E-state index in [1.54, 1.807) is 11.5 Å². The molecule has 0 bridgehead atoms. The van der Waals surface area contributed by atoms with Gasteiger partial charge in [0.2, 0.25) is 5.95 Å². The highest BCUT2D eigenvalue weighted by atomic mass is 35.5. The summed E-state index contributed by atoms with van der Waals surface area (Å²) in [6, 6.07) is 0. The predicted molar refractivity (Wildman–Crippen MR) is 64.2 cm³/mol. The van der Waals surface area contributed by atoms with Crippen molar-refractivity contribution >= 4 is 29.9 Å². The molecule has 2 heterocycles. The quantitative estimate of drug-likeness (QED) is 0.853. The van der Waals surface area contributed by atoms with Crippen LogP contribution in [-0.4, -0.2) is 35.5 Å². The van der Waals surface area contributed by atoms with Gasteiger partial charge in [0.1, 0.15) is 5.01 Å². The van der Waals surface area contributed by atoms with Gasteiger partial charge in [0.25, 0.3) is 0 Å². The normalized spacial score (nSPS) is 21.2. The Hall–Kier alpha value is -0.390. The average molecular weight is 247 g/mol. The predicted octanol–water partition coefficient (Wildman–Crippen LogP) is 1.25. The molecule has 1 aliphatic carbocycles. The Kier molecular flexibility index (Phi) is 3.43. The summed E-state index contributed by atoms with van der Waals surface area (Å²) in [6.45, 7) is 4.19. The first-order valence-corrected chi connectivity index (χ1v) is 6.00. The molecule has 3 rings (SSSR count). The van der Waals surface area contributed by atoms with Gasteiger partial charge in [0, 0.05) is 32.1 Å². The standard InChI is InChI=1S/C9H14N4S.ClH/c1-2-7(1)8-11-9(12-14-8)13-5-3-10-4-6-13;/h7,10H,1-6H2;1H. The number of halogens is 1. The van der Waals surface area contributed by atoms with Crippen molar-refractivity contribution in [3.63, 3.8) is 0 Å². The van der Waals surface area contributed by atoms with E-state index in [0.717, 1.165) is 38.0 Å². The number of aromatic nitrogens is 2. The Morgan fingerprint density at radius 2 is 2.00 bits per heavy atom. The Morgan fingerprint density at radius 1 is 1.27 bits per heavy atom. The molecule has 1 N–H and O–H groups in total. The lowest BCUT2D eigenvalue weighted by Crippen LogP contribution is -2.44. The van der Waals surface area contributed by atoms with Crippen molar-refractivity contribution in [2.45, 2.75) is 18.8 Å². The molecule has 1 saturated carbocycles. The van der Waals surface area contributed by atoms with E-state index in [4.69, 9.17) is 0 Å². The summed E-state index contributed by atoms with van der Waals surface area (Å²) in [5.41, 5.74) is 0. The van der Waals surface area contributed by atoms with Crippen LogP contribution in [0.25, 0.3) is 0 Å². The van der Waals surface area contributed by atoms with E-state index in [0.29, 0.717) is 0 Å². The van der Waals surface area contributed by atoms with Gasteiger partial charge in [0.05, 0.1) is 0 Å². The lowest BCUT2D eigenvalue weighted by Gasteiger charge is -2.25. The van der Waals surface area contributed by atoms with Crippen LogP contribution in [0.5, 0.6) is 0 Å². The van der Waals surface area contributed by atoms with Gasteiger partial charge < -0.3 is 10.2 Å². The lowest BCUT2D eigenvalue weighted by molar-refractivity contribution is 0.581. The van der Waals surface area contributed by atoms with Gasteiger partial charge in [-0.2, -0.15) is 4.37 Å². The van der Waals surface area contributed by atoms with Gasteiger partial charge in [-0.25, -0.2) is 4.98 Å². The molecule has 0 radical (unpaired) electrons. The third-order valence-corrected chi connectivity index (χ3v) is 3.62. The average Bonchev–Trinajstić information content (AvgIpc) is 2.98. The minimum atomic E-state index is 0. The molecule has 2 fully saturated rings. The van der Waals surface area contributed by atoms with Gasteiger partial charge in [-0.3, -0.25) is 0 Å². The third-order valence-electron chi connectivity index (χ3n) is 2.76. The fraction of sp³-hybridized carbons (Fsp3) is 0.778.